The van der Waals surface area contributed by atoms with Gasteiger partial charge in [-0.05, 0) is 36.2 Å². The second-order valence-corrected chi connectivity index (χ2v) is 7.95. The largest absolute Gasteiger partial charge is 0.399 e. The summed E-state index contributed by atoms with van der Waals surface area (Å²) in [6.45, 7) is 0.328. The number of hydrogen-bond acceptors (Lipinski definition) is 5. The maximum atomic E-state index is 12.9. The summed E-state index contributed by atoms with van der Waals surface area (Å²) in [5.41, 5.74) is 11.6. The number of aryl methyl sites for hydroxylation is 1. The van der Waals surface area contributed by atoms with E-state index in [1.807, 2.05) is 48.0 Å². The minimum Gasteiger partial charge on any atom is -0.399 e. The molecule has 1 aromatic heterocycles. The Bertz CT molecular complexity index is 1250. The van der Waals surface area contributed by atoms with Crippen molar-refractivity contribution in [3.8, 4) is 22.5 Å². The highest BCUT2D eigenvalue weighted by atomic mass is 16.2. The Labute approximate surface area is 178 Å². The van der Waals surface area contributed by atoms with Crippen LogP contribution in [0.3, 0.4) is 0 Å². The fourth-order valence-electron chi connectivity index (χ4n) is 4.39. The standard InChI is InChI=1S/C23H21N5O3/c1-27-12-25-20(21(27)14-3-2-4-16(24)10-14)13-5-6-17-15(9-13)11-28(23(17)31)18-7-8-19(29)26-22(18)30/h2-6,9-10,12,18H,7-8,11,24H2,1H3,(H,26,29,30). The summed E-state index contributed by atoms with van der Waals surface area (Å²) in [5, 5.41) is 2.33. The van der Waals surface area contributed by atoms with E-state index in [1.54, 1.807) is 17.3 Å². The molecule has 1 unspecified atom stereocenters. The number of fused-ring (bicyclic) bond motifs is 1. The number of rotatable bonds is 3. The van der Waals surface area contributed by atoms with Gasteiger partial charge in [-0.2, -0.15) is 0 Å². The number of benzene rings is 2. The molecule has 1 fully saturated rings. The molecule has 2 aliphatic rings. The van der Waals surface area contributed by atoms with Gasteiger partial charge in [0.05, 0.1) is 17.7 Å². The fraction of sp³-hybridized carbons (Fsp3) is 0.217. The van der Waals surface area contributed by atoms with Crippen LogP contribution < -0.4 is 11.1 Å². The van der Waals surface area contributed by atoms with Crippen LogP contribution in [0.4, 0.5) is 5.69 Å². The number of aromatic nitrogens is 2. The number of imidazole rings is 1. The maximum Gasteiger partial charge on any atom is 0.255 e. The molecule has 0 spiro atoms. The average Bonchev–Trinajstić information content (AvgIpc) is 3.28. The zero-order chi connectivity index (χ0) is 21.7. The van der Waals surface area contributed by atoms with Crippen LogP contribution in [0.5, 0.6) is 0 Å². The first-order chi connectivity index (χ1) is 14.9. The maximum absolute atomic E-state index is 12.9. The number of imide groups is 1. The monoisotopic (exact) mass is 415 g/mol. The summed E-state index contributed by atoms with van der Waals surface area (Å²) < 4.78 is 1.94. The van der Waals surface area contributed by atoms with Crippen LogP contribution in [0.25, 0.3) is 22.5 Å². The third-order valence-corrected chi connectivity index (χ3v) is 5.89. The van der Waals surface area contributed by atoms with Crippen LogP contribution in [0.1, 0.15) is 28.8 Å². The third kappa shape index (κ3) is 3.16. The van der Waals surface area contributed by atoms with Gasteiger partial charge in [-0.3, -0.25) is 19.7 Å². The van der Waals surface area contributed by atoms with E-state index in [4.69, 9.17) is 5.73 Å². The van der Waals surface area contributed by atoms with E-state index in [1.165, 1.54) is 0 Å². The van der Waals surface area contributed by atoms with Crippen LogP contribution in [-0.4, -0.2) is 38.2 Å². The Hall–Kier alpha value is -3.94. The van der Waals surface area contributed by atoms with Crippen molar-refractivity contribution < 1.29 is 14.4 Å². The van der Waals surface area contributed by atoms with Gasteiger partial charge in [0.1, 0.15) is 6.04 Å². The first-order valence-electron chi connectivity index (χ1n) is 10.1. The lowest BCUT2D eigenvalue weighted by Gasteiger charge is -2.29. The predicted molar refractivity (Wildman–Crippen MR) is 115 cm³/mol. The summed E-state index contributed by atoms with van der Waals surface area (Å²) in [6, 6.07) is 12.6. The fourth-order valence-corrected chi connectivity index (χ4v) is 4.39. The molecule has 0 radical (unpaired) electrons. The van der Waals surface area contributed by atoms with Gasteiger partial charge in [-0.1, -0.05) is 18.2 Å². The molecule has 5 rings (SSSR count). The predicted octanol–water partition coefficient (Wildman–Crippen LogP) is 2.10. The van der Waals surface area contributed by atoms with E-state index in [9.17, 15) is 14.4 Å². The zero-order valence-electron chi connectivity index (χ0n) is 17.0. The van der Waals surface area contributed by atoms with Crippen LogP contribution in [-0.2, 0) is 23.2 Å². The minimum absolute atomic E-state index is 0.187. The lowest BCUT2D eigenvalue weighted by atomic mass is 10.0. The van der Waals surface area contributed by atoms with Gasteiger partial charge in [-0.15, -0.1) is 0 Å². The lowest BCUT2D eigenvalue weighted by molar-refractivity contribution is -0.136. The van der Waals surface area contributed by atoms with Crippen molar-refractivity contribution in [3.05, 3.63) is 59.9 Å². The highest BCUT2D eigenvalue weighted by Crippen LogP contribution is 2.35. The van der Waals surface area contributed by atoms with Crippen LogP contribution >= 0.6 is 0 Å². The van der Waals surface area contributed by atoms with Crippen molar-refractivity contribution in [2.45, 2.75) is 25.4 Å². The summed E-state index contributed by atoms with van der Waals surface area (Å²) in [5.74, 6) is -0.892. The molecule has 8 heteroatoms. The number of carbonyl (C=O) groups is 3. The number of nitrogens with two attached hydrogens (primary N) is 1. The molecular weight excluding hydrogens is 394 g/mol. The van der Waals surface area contributed by atoms with Crippen molar-refractivity contribution in [2.24, 2.45) is 7.05 Å². The molecule has 2 aromatic carbocycles. The third-order valence-electron chi connectivity index (χ3n) is 5.89. The number of nitrogens with one attached hydrogen (secondary N) is 1. The molecule has 156 valence electrons. The summed E-state index contributed by atoms with van der Waals surface area (Å²) >= 11 is 0. The van der Waals surface area contributed by atoms with Crippen LogP contribution in [0, 0.1) is 0 Å². The van der Waals surface area contributed by atoms with Gasteiger partial charge in [0.2, 0.25) is 11.8 Å². The Morgan fingerprint density at radius 2 is 1.94 bits per heavy atom. The number of anilines is 1. The molecule has 1 saturated heterocycles. The molecule has 3 amide bonds. The second-order valence-electron chi connectivity index (χ2n) is 7.95. The number of piperidine rings is 1. The van der Waals surface area contributed by atoms with Gasteiger partial charge in [0.25, 0.3) is 5.91 Å². The van der Waals surface area contributed by atoms with E-state index in [0.717, 1.165) is 28.1 Å². The summed E-state index contributed by atoms with van der Waals surface area (Å²) in [7, 11) is 1.93. The van der Waals surface area contributed by atoms with Gasteiger partial charge in [0.15, 0.2) is 0 Å². The number of hydrogen-bond donors (Lipinski definition) is 2. The van der Waals surface area contributed by atoms with Gasteiger partial charge >= 0.3 is 0 Å². The van der Waals surface area contributed by atoms with E-state index < -0.39 is 11.9 Å². The minimum atomic E-state index is -0.626. The Morgan fingerprint density at radius 1 is 1.10 bits per heavy atom. The van der Waals surface area contributed by atoms with Gasteiger partial charge in [-0.25, -0.2) is 4.98 Å². The molecule has 3 N–H and O–H groups in total. The topological polar surface area (TPSA) is 110 Å². The highest BCUT2D eigenvalue weighted by molar-refractivity contribution is 6.05. The molecule has 8 nitrogen and oxygen atoms in total. The van der Waals surface area contributed by atoms with Crippen LogP contribution in [0.15, 0.2) is 48.8 Å². The first-order valence-corrected chi connectivity index (χ1v) is 10.1. The van der Waals surface area contributed by atoms with Gasteiger partial charge < -0.3 is 15.2 Å². The van der Waals surface area contributed by atoms with Crippen molar-refractivity contribution >= 4 is 23.4 Å². The van der Waals surface area contributed by atoms with E-state index in [0.29, 0.717) is 24.2 Å². The molecule has 3 aromatic rings. The molecule has 3 heterocycles. The zero-order valence-corrected chi connectivity index (χ0v) is 17.0. The first kappa shape index (κ1) is 19.0. The molecule has 0 saturated carbocycles. The van der Waals surface area contributed by atoms with Crippen molar-refractivity contribution in [1.29, 1.82) is 0 Å². The number of carbonyl (C=O) groups excluding carboxylic acids is 3. The highest BCUT2D eigenvalue weighted by Gasteiger charge is 2.39. The molecule has 0 bridgehead atoms. The molecule has 1 atom stereocenters. The quantitative estimate of drug-likeness (QED) is 0.503. The molecule has 0 aliphatic carbocycles. The average molecular weight is 415 g/mol. The summed E-state index contributed by atoms with van der Waals surface area (Å²) in [6.07, 6.45) is 2.33. The smallest absolute Gasteiger partial charge is 0.255 e. The van der Waals surface area contributed by atoms with Crippen LogP contribution in [0.2, 0.25) is 0 Å². The molecular formula is C23H21N5O3. The lowest BCUT2D eigenvalue weighted by Crippen LogP contribution is -2.52. The van der Waals surface area contributed by atoms with E-state index >= 15 is 0 Å². The second kappa shape index (κ2) is 7.09. The Balaban J connectivity index is 1.50. The van der Waals surface area contributed by atoms with Crippen molar-refractivity contribution in [2.75, 3.05) is 5.73 Å². The molecule has 2 aliphatic heterocycles. The summed E-state index contributed by atoms with van der Waals surface area (Å²) in [4.78, 5) is 42.8. The normalized spacial score (nSPS) is 18.3. The number of nitrogen functional groups attached to an aromatic ring is 1. The Morgan fingerprint density at radius 3 is 2.71 bits per heavy atom. The van der Waals surface area contributed by atoms with Crippen molar-refractivity contribution in [1.82, 2.24) is 19.8 Å². The number of amides is 3. The van der Waals surface area contributed by atoms with Crippen molar-refractivity contribution in [3.63, 3.8) is 0 Å². The van der Waals surface area contributed by atoms with E-state index in [-0.39, 0.29) is 18.2 Å². The molecule has 31 heavy (non-hydrogen) atoms. The SMILES string of the molecule is Cn1cnc(-c2ccc3c(c2)CN(C2CCC(=O)NC2=O)C3=O)c1-c1cccc(N)c1. The Kier molecular flexibility index (Phi) is 4.35. The number of nitrogens with zero attached hydrogens (tertiary/aromatic N) is 3. The van der Waals surface area contributed by atoms with E-state index in [2.05, 4.69) is 10.3 Å². The van der Waals surface area contributed by atoms with Gasteiger partial charge in [0, 0.05) is 42.4 Å².